The van der Waals surface area contributed by atoms with Gasteiger partial charge < -0.3 is 13.7 Å². The molecule has 2 heterocycles. The van der Waals surface area contributed by atoms with Crippen LogP contribution in [0.15, 0.2) is 71.3 Å². The molecule has 6 nitrogen and oxygen atoms in total. The van der Waals surface area contributed by atoms with Gasteiger partial charge >= 0.3 is 5.97 Å². The van der Waals surface area contributed by atoms with Crippen molar-refractivity contribution in [2.24, 2.45) is 0 Å². The van der Waals surface area contributed by atoms with Crippen LogP contribution in [0, 0.1) is 13.8 Å². The summed E-state index contributed by atoms with van der Waals surface area (Å²) in [6.07, 6.45) is 3.61. The SMILES string of the molecule is CCCc1nc2c(C)cc(-c3coc(C)n3)cc2n1Cc1ccc(-c2ccccc2C(=O)OC(C)(C)C)cc1. The molecule has 2 aromatic heterocycles. The molecule has 0 aliphatic heterocycles. The summed E-state index contributed by atoms with van der Waals surface area (Å²) in [4.78, 5) is 22.4. The van der Waals surface area contributed by atoms with Crippen LogP contribution in [0.25, 0.3) is 33.4 Å². The molecular weight excluding hydrogens is 486 g/mol. The Morgan fingerprint density at radius 3 is 2.38 bits per heavy atom. The Morgan fingerprint density at radius 2 is 1.72 bits per heavy atom. The number of aryl methyl sites for hydroxylation is 3. The molecule has 39 heavy (non-hydrogen) atoms. The zero-order chi connectivity index (χ0) is 27.7. The topological polar surface area (TPSA) is 70.2 Å². The zero-order valence-corrected chi connectivity index (χ0v) is 23.5. The molecule has 5 rings (SSSR count). The van der Waals surface area contributed by atoms with E-state index in [1.54, 1.807) is 6.26 Å². The highest BCUT2D eigenvalue weighted by atomic mass is 16.6. The van der Waals surface area contributed by atoms with Gasteiger partial charge in [-0.1, -0.05) is 49.4 Å². The van der Waals surface area contributed by atoms with Crippen molar-refractivity contribution in [2.45, 2.75) is 66.5 Å². The number of carbonyl (C=O) groups excluding carboxylic acids is 1. The number of benzene rings is 3. The lowest BCUT2D eigenvalue weighted by Crippen LogP contribution is -2.24. The Morgan fingerprint density at radius 1 is 0.974 bits per heavy atom. The average Bonchev–Trinajstić information content (AvgIpc) is 3.48. The molecule has 0 N–H and O–H groups in total. The predicted octanol–water partition coefficient (Wildman–Crippen LogP) is 7.93. The second kappa shape index (κ2) is 10.5. The first-order chi connectivity index (χ1) is 18.6. The van der Waals surface area contributed by atoms with E-state index in [1.807, 2.05) is 52.0 Å². The van der Waals surface area contributed by atoms with E-state index in [0.717, 1.165) is 63.2 Å². The van der Waals surface area contributed by atoms with Crippen LogP contribution in [0.5, 0.6) is 0 Å². The van der Waals surface area contributed by atoms with Crippen molar-refractivity contribution in [1.29, 1.82) is 0 Å². The second-order valence-corrected chi connectivity index (χ2v) is 11.0. The zero-order valence-electron chi connectivity index (χ0n) is 23.5. The molecule has 0 saturated heterocycles. The van der Waals surface area contributed by atoms with Crippen LogP contribution in [-0.4, -0.2) is 26.1 Å². The minimum Gasteiger partial charge on any atom is -0.456 e. The third kappa shape index (κ3) is 5.65. The molecule has 0 saturated carbocycles. The number of imidazole rings is 1. The molecule has 0 atom stereocenters. The fraction of sp³-hybridized carbons (Fsp3) is 0.303. The fourth-order valence-electron chi connectivity index (χ4n) is 4.89. The van der Waals surface area contributed by atoms with Gasteiger partial charge in [0.05, 0.1) is 16.6 Å². The van der Waals surface area contributed by atoms with Crippen molar-refractivity contribution in [2.75, 3.05) is 0 Å². The number of esters is 1. The number of nitrogens with zero attached hydrogens (tertiary/aromatic N) is 3. The molecule has 0 fully saturated rings. The maximum absolute atomic E-state index is 12.9. The van der Waals surface area contributed by atoms with Gasteiger partial charge in [0.25, 0.3) is 0 Å². The first kappa shape index (κ1) is 26.4. The normalized spacial score (nSPS) is 11.7. The number of oxazole rings is 1. The fourth-order valence-corrected chi connectivity index (χ4v) is 4.89. The molecule has 0 bridgehead atoms. The van der Waals surface area contributed by atoms with Gasteiger partial charge in [-0.15, -0.1) is 0 Å². The molecule has 3 aromatic carbocycles. The summed E-state index contributed by atoms with van der Waals surface area (Å²) < 4.78 is 13.4. The molecule has 5 aromatic rings. The average molecular weight is 522 g/mol. The largest absolute Gasteiger partial charge is 0.456 e. The third-order valence-corrected chi connectivity index (χ3v) is 6.66. The van der Waals surface area contributed by atoms with E-state index < -0.39 is 5.60 Å². The summed E-state index contributed by atoms with van der Waals surface area (Å²) >= 11 is 0. The molecule has 0 unspecified atom stereocenters. The minimum absolute atomic E-state index is 0.315. The van der Waals surface area contributed by atoms with E-state index in [9.17, 15) is 4.79 Å². The van der Waals surface area contributed by atoms with Gasteiger partial charge in [-0.25, -0.2) is 14.8 Å². The highest BCUT2D eigenvalue weighted by Gasteiger charge is 2.21. The third-order valence-electron chi connectivity index (χ3n) is 6.66. The van der Waals surface area contributed by atoms with Crippen molar-refractivity contribution < 1.29 is 13.9 Å². The Labute approximate surface area is 229 Å². The van der Waals surface area contributed by atoms with Crippen LogP contribution in [0.2, 0.25) is 0 Å². The summed E-state index contributed by atoms with van der Waals surface area (Å²) in [5, 5.41) is 0. The van der Waals surface area contributed by atoms with Crippen LogP contribution >= 0.6 is 0 Å². The molecular formula is C33H35N3O3. The van der Waals surface area contributed by atoms with E-state index in [4.69, 9.17) is 14.1 Å². The molecule has 0 radical (unpaired) electrons. The lowest BCUT2D eigenvalue weighted by molar-refractivity contribution is 0.00704. The quantitative estimate of drug-likeness (QED) is 0.203. The Hall–Kier alpha value is -4.19. The Balaban J connectivity index is 1.50. The lowest BCUT2D eigenvalue weighted by atomic mass is 9.98. The minimum atomic E-state index is -0.553. The molecule has 0 aliphatic carbocycles. The molecule has 0 spiro atoms. The highest BCUT2D eigenvalue weighted by molar-refractivity contribution is 5.97. The second-order valence-electron chi connectivity index (χ2n) is 11.0. The summed E-state index contributed by atoms with van der Waals surface area (Å²) in [6, 6.07) is 20.3. The standard InChI is InChI=1S/C33H35N3O3/c1-7-10-30-35-31-21(2)17-25(28-20-38-22(3)34-28)18-29(31)36(30)19-23-13-15-24(16-14-23)26-11-8-9-12-27(26)32(37)39-33(4,5)6/h8-9,11-18,20H,7,10,19H2,1-6H3. The van der Waals surface area contributed by atoms with Crippen LogP contribution in [0.4, 0.5) is 0 Å². The van der Waals surface area contributed by atoms with Crippen LogP contribution in [0.1, 0.15) is 67.3 Å². The van der Waals surface area contributed by atoms with Gasteiger partial charge in [-0.05, 0) is 74.6 Å². The van der Waals surface area contributed by atoms with Gasteiger partial charge in [0.1, 0.15) is 23.4 Å². The van der Waals surface area contributed by atoms with E-state index >= 15 is 0 Å². The number of ether oxygens (including phenoxy) is 1. The highest BCUT2D eigenvalue weighted by Crippen LogP contribution is 2.30. The maximum Gasteiger partial charge on any atom is 0.339 e. The van der Waals surface area contributed by atoms with E-state index in [-0.39, 0.29) is 5.97 Å². The first-order valence-corrected chi connectivity index (χ1v) is 13.5. The predicted molar refractivity (Wildman–Crippen MR) is 155 cm³/mol. The summed E-state index contributed by atoms with van der Waals surface area (Å²) in [5.74, 6) is 1.41. The van der Waals surface area contributed by atoms with Gasteiger partial charge in [0.15, 0.2) is 5.89 Å². The van der Waals surface area contributed by atoms with Crippen LogP contribution in [-0.2, 0) is 17.7 Å². The number of fused-ring (bicyclic) bond motifs is 1. The first-order valence-electron chi connectivity index (χ1n) is 13.5. The smallest absolute Gasteiger partial charge is 0.339 e. The summed E-state index contributed by atoms with van der Waals surface area (Å²) in [7, 11) is 0. The molecule has 200 valence electrons. The van der Waals surface area contributed by atoms with Gasteiger partial charge in [0, 0.05) is 25.5 Å². The van der Waals surface area contributed by atoms with Crippen molar-refractivity contribution in [1.82, 2.24) is 14.5 Å². The van der Waals surface area contributed by atoms with Crippen molar-refractivity contribution in [3.05, 3.63) is 95.3 Å². The molecule has 0 amide bonds. The number of rotatable bonds is 7. The van der Waals surface area contributed by atoms with Crippen LogP contribution < -0.4 is 0 Å². The van der Waals surface area contributed by atoms with Gasteiger partial charge in [0.2, 0.25) is 0 Å². The van der Waals surface area contributed by atoms with Crippen molar-refractivity contribution in [3.8, 4) is 22.4 Å². The van der Waals surface area contributed by atoms with E-state index in [1.165, 1.54) is 0 Å². The number of aromatic nitrogens is 3. The Kier molecular flexibility index (Phi) is 7.13. The molecule has 0 aliphatic rings. The molecule has 6 heteroatoms. The van der Waals surface area contributed by atoms with Gasteiger partial charge in [-0.2, -0.15) is 0 Å². The maximum atomic E-state index is 12.9. The lowest BCUT2D eigenvalue weighted by Gasteiger charge is -2.20. The van der Waals surface area contributed by atoms with Crippen molar-refractivity contribution >= 4 is 17.0 Å². The van der Waals surface area contributed by atoms with E-state index in [0.29, 0.717) is 18.0 Å². The monoisotopic (exact) mass is 521 g/mol. The Bertz CT molecular complexity index is 1640. The summed E-state index contributed by atoms with van der Waals surface area (Å²) in [6.45, 7) is 12.5. The number of carbonyl (C=O) groups is 1. The van der Waals surface area contributed by atoms with Crippen molar-refractivity contribution in [3.63, 3.8) is 0 Å². The number of hydrogen-bond acceptors (Lipinski definition) is 5. The number of hydrogen-bond donors (Lipinski definition) is 0. The van der Waals surface area contributed by atoms with Gasteiger partial charge in [-0.3, -0.25) is 0 Å². The van der Waals surface area contributed by atoms with Crippen LogP contribution in [0.3, 0.4) is 0 Å². The van der Waals surface area contributed by atoms with E-state index in [2.05, 4.69) is 59.8 Å². The summed E-state index contributed by atoms with van der Waals surface area (Å²) in [5.41, 5.74) is 8.09.